The smallest absolute Gasteiger partial charge is 0.158 e. The van der Waals surface area contributed by atoms with E-state index in [1.54, 1.807) is 7.11 Å². The molecule has 1 saturated heterocycles. The van der Waals surface area contributed by atoms with Crippen molar-refractivity contribution >= 4 is 17.3 Å². The Balaban J connectivity index is 1.38. The predicted octanol–water partition coefficient (Wildman–Crippen LogP) is 4.02. The van der Waals surface area contributed by atoms with Crippen LogP contribution in [0.15, 0.2) is 36.7 Å². The number of aromatic amines is 1. The van der Waals surface area contributed by atoms with Crippen LogP contribution in [0.4, 0.5) is 17.3 Å². The van der Waals surface area contributed by atoms with Gasteiger partial charge in [0.15, 0.2) is 11.5 Å². The van der Waals surface area contributed by atoms with Gasteiger partial charge in [0, 0.05) is 36.0 Å². The fraction of sp³-hybridized carbons (Fsp3) is 0.417. The summed E-state index contributed by atoms with van der Waals surface area (Å²) in [4.78, 5) is 10.7. The number of anilines is 3. The monoisotopic (exact) mass is 446 g/mol. The Bertz CT molecular complexity index is 1090. The SMILES string of the molecule is COc1cc(NCC2CCN(C(C)C)CC2)ccc1-c1cc(Nc2cnc(C#N)cn2)n[nH]1. The van der Waals surface area contributed by atoms with Crippen LogP contribution in [0.3, 0.4) is 0 Å². The summed E-state index contributed by atoms with van der Waals surface area (Å²) in [6.45, 7) is 7.86. The van der Waals surface area contributed by atoms with E-state index < -0.39 is 0 Å². The van der Waals surface area contributed by atoms with Crippen molar-refractivity contribution in [3.05, 3.63) is 42.4 Å². The van der Waals surface area contributed by atoms with Gasteiger partial charge in [-0.1, -0.05) is 0 Å². The Morgan fingerprint density at radius 2 is 2.00 bits per heavy atom. The molecule has 33 heavy (non-hydrogen) atoms. The number of nitrogens with one attached hydrogen (secondary N) is 3. The first kappa shape index (κ1) is 22.6. The Hall–Kier alpha value is -3.64. The van der Waals surface area contributed by atoms with Crippen molar-refractivity contribution in [1.82, 2.24) is 25.1 Å². The minimum absolute atomic E-state index is 0.266. The van der Waals surface area contributed by atoms with E-state index in [4.69, 9.17) is 10.00 Å². The van der Waals surface area contributed by atoms with Crippen molar-refractivity contribution in [2.45, 2.75) is 32.7 Å². The molecule has 0 amide bonds. The third-order valence-electron chi connectivity index (χ3n) is 6.07. The molecular weight excluding hydrogens is 416 g/mol. The number of hydrogen-bond donors (Lipinski definition) is 3. The van der Waals surface area contributed by atoms with Crippen LogP contribution in [0, 0.1) is 17.2 Å². The average Bonchev–Trinajstić information content (AvgIpc) is 3.31. The van der Waals surface area contributed by atoms with Crippen LogP contribution in [0.5, 0.6) is 5.75 Å². The number of ether oxygens (including phenoxy) is 1. The highest BCUT2D eigenvalue weighted by Crippen LogP contribution is 2.33. The van der Waals surface area contributed by atoms with Crippen LogP contribution in [0.25, 0.3) is 11.3 Å². The minimum atomic E-state index is 0.266. The highest BCUT2D eigenvalue weighted by Gasteiger charge is 2.20. The number of methoxy groups -OCH3 is 1. The zero-order chi connectivity index (χ0) is 23.2. The van der Waals surface area contributed by atoms with E-state index in [1.165, 1.54) is 38.3 Å². The quantitative estimate of drug-likeness (QED) is 0.475. The van der Waals surface area contributed by atoms with E-state index >= 15 is 0 Å². The molecule has 0 radical (unpaired) electrons. The van der Waals surface area contributed by atoms with Gasteiger partial charge in [-0.3, -0.25) is 5.10 Å². The normalized spacial score (nSPS) is 14.8. The van der Waals surface area contributed by atoms with Crippen molar-refractivity contribution in [2.24, 2.45) is 5.92 Å². The fourth-order valence-electron chi connectivity index (χ4n) is 4.06. The molecule has 0 spiro atoms. The largest absolute Gasteiger partial charge is 0.496 e. The number of aromatic nitrogens is 4. The molecule has 0 bridgehead atoms. The van der Waals surface area contributed by atoms with Gasteiger partial charge in [-0.2, -0.15) is 10.4 Å². The van der Waals surface area contributed by atoms with Gasteiger partial charge in [0.2, 0.25) is 0 Å². The van der Waals surface area contributed by atoms with Crippen molar-refractivity contribution < 1.29 is 4.74 Å². The first-order valence-electron chi connectivity index (χ1n) is 11.3. The molecule has 9 nitrogen and oxygen atoms in total. The van der Waals surface area contributed by atoms with Crippen molar-refractivity contribution in [3.8, 4) is 23.1 Å². The van der Waals surface area contributed by atoms with Gasteiger partial charge < -0.3 is 20.3 Å². The Morgan fingerprint density at radius 1 is 1.18 bits per heavy atom. The number of likely N-dealkylation sites (tertiary alicyclic amines) is 1. The Labute approximate surface area is 194 Å². The van der Waals surface area contributed by atoms with Crippen LogP contribution >= 0.6 is 0 Å². The van der Waals surface area contributed by atoms with E-state index in [9.17, 15) is 0 Å². The third-order valence-corrected chi connectivity index (χ3v) is 6.07. The predicted molar refractivity (Wildman–Crippen MR) is 129 cm³/mol. The molecule has 172 valence electrons. The van der Waals surface area contributed by atoms with E-state index in [0.29, 0.717) is 23.6 Å². The van der Waals surface area contributed by atoms with Gasteiger partial charge >= 0.3 is 0 Å². The number of hydrogen-bond acceptors (Lipinski definition) is 8. The number of nitrogens with zero attached hydrogens (tertiary/aromatic N) is 5. The maximum absolute atomic E-state index is 8.84. The van der Waals surface area contributed by atoms with Crippen molar-refractivity contribution in [3.63, 3.8) is 0 Å². The first-order valence-corrected chi connectivity index (χ1v) is 11.3. The van der Waals surface area contributed by atoms with Crippen LogP contribution < -0.4 is 15.4 Å². The number of nitriles is 1. The summed E-state index contributed by atoms with van der Waals surface area (Å²) < 4.78 is 5.66. The molecule has 0 unspecified atom stereocenters. The summed E-state index contributed by atoms with van der Waals surface area (Å²) >= 11 is 0. The summed E-state index contributed by atoms with van der Waals surface area (Å²) in [5, 5.41) is 22.8. The maximum Gasteiger partial charge on any atom is 0.158 e. The number of rotatable bonds is 8. The second kappa shape index (κ2) is 10.3. The molecule has 3 N–H and O–H groups in total. The summed E-state index contributed by atoms with van der Waals surface area (Å²) in [6, 6.07) is 10.6. The molecule has 2 aromatic heterocycles. The van der Waals surface area contributed by atoms with Crippen LogP contribution in [-0.4, -0.2) is 57.9 Å². The lowest BCUT2D eigenvalue weighted by atomic mass is 9.96. The molecule has 4 rings (SSSR count). The van der Waals surface area contributed by atoms with Crippen LogP contribution in [-0.2, 0) is 0 Å². The molecule has 9 heteroatoms. The molecule has 1 aromatic carbocycles. The van der Waals surface area contributed by atoms with Gasteiger partial charge in [-0.15, -0.1) is 0 Å². The second-order valence-corrected chi connectivity index (χ2v) is 8.56. The maximum atomic E-state index is 8.84. The third kappa shape index (κ3) is 5.59. The number of piperidine rings is 1. The van der Waals surface area contributed by atoms with Gasteiger partial charge in [0.05, 0.1) is 25.2 Å². The molecule has 0 saturated carbocycles. The standard InChI is InChI=1S/C24H30N8O/c1-16(2)32-8-6-17(7-9-32)13-26-18-4-5-20(22(10-18)33-3)21-11-23(31-30-21)29-24-15-27-19(12-25)14-28-24/h4-5,10-11,14-17,26H,6-9,13H2,1-3H3,(H2,28,29,30,31). The molecule has 0 aliphatic carbocycles. The molecule has 1 aliphatic rings. The van der Waals surface area contributed by atoms with Crippen molar-refractivity contribution in [2.75, 3.05) is 37.4 Å². The van der Waals surface area contributed by atoms with Crippen LogP contribution in [0.2, 0.25) is 0 Å². The Kier molecular flexibility index (Phi) is 7.05. The lowest BCUT2D eigenvalue weighted by Crippen LogP contribution is -2.39. The zero-order valence-corrected chi connectivity index (χ0v) is 19.3. The van der Waals surface area contributed by atoms with E-state index in [0.717, 1.165) is 29.2 Å². The van der Waals surface area contributed by atoms with Gasteiger partial charge in [-0.25, -0.2) is 9.97 Å². The van der Waals surface area contributed by atoms with Crippen LogP contribution in [0.1, 0.15) is 32.4 Å². The summed E-state index contributed by atoms with van der Waals surface area (Å²) in [6.07, 6.45) is 5.38. The zero-order valence-electron chi connectivity index (χ0n) is 19.3. The summed E-state index contributed by atoms with van der Waals surface area (Å²) in [5.41, 5.74) is 3.05. The highest BCUT2D eigenvalue weighted by atomic mass is 16.5. The lowest BCUT2D eigenvalue weighted by molar-refractivity contribution is 0.154. The van der Waals surface area contributed by atoms with E-state index in [-0.39, 0.29) is 5.69 Å². The topological polar surface area (TPSA) is 115 Å². The molecule has 1 aliphatic heterocycles. The van der Waals surface area contributed by atoms with E-state index in [2.05, 4.69) is 55.6 Å². The molecule has 1 fully saturated rings. The first-order chi connectivity index (χ1) is 16.1. The minimum Gasteiger partial charge on any atom is -0.496 e. The number of H-pyrrole nitrogens is 1. The fourth-order valence-corrected chi connectivity index (χ4v) is 4.06. The van der Waals surface area contributed by atoms with Crippen molar-refractivity contribution in [1.29, 1.82) is 5.26 Å². The molecule has 3 aromatic rings. The molecule has 3 heterocycles. The second-order valence-electron chi connectivity index (χ2n) is 8.56. The van der Waals surface area contributed by atoms with E-state index in [1.807, 2.05) is 24.3 Å². The van der Waals surface area contributed by atoms with Gasteiger partial charge in [0.1, 0.15) is 17.6 Å². The molecule has 0 atom stereocenters. The Morgan fingerprint density at radius 3 is 2.67 bits per heavy atom. The highest BCUT2D eigenvalue weighted by molar-refractivity contribution is 5.73. The summed E-state index contributed by atoms with van der Waals surface area (Å²) in [5.74, 6) is 2.57. The number of benzene rings is 1. The lowest BCUT2D eigenvalue weighted by Gasteiger charge is -2.34. The average molecular weight is 447 g/mol. The van der Waals surface area contributed by atoms with Gasteiger partial charge in [-0.05, 0) is 57.8 Å². The van der Waals surface area contributed by atoms with Gasteiger partial charge in [0.25, 0.3) is 0 Å². The molecular formula is C24H30N8O. The summed E-state index contributed by atoms with van der Waals surface area (Å²) in [7, 11) is 1.67.